The summed E-state index contributed by atoms with van der Waals surface area (Å²) in [6, 6.07) is -0.929. The third-order valence-electron chi connectivity index (χ3n) is 17.4. The van der Waals surface area contributed by atoms with Crippen molar-refractivity contribution in [2.75, 3.05) is 19.8 Å². The quantitative estimate of drug-likeness (QED) is 0.0204. The number of carbonyl (C=O) groups is 1. The fraction of sp³-hybridized carbons (Fsp3) is 0.928. The topological polar surface area (TPSA) is 228 Å². The third kappa shape index (κ3) is 39.2. The highest BCUT2D eigenvalue weighted by Gasteiger charge is 2.51. The number of aliphatic hydroxyl groups is 8. The number of hydrogen-bond acceptors (Lipinski definition) is 13. The number of carbonyl (C=O) groups excluding carboxylic acids is 1. The minimum atomic E-state index is -1.79. The minimum absolute atomic E-state index is 0.242. The van der Waals surface area contributed by atoms with Crippen molar-refractivity contribution in [1.82, 2.24) is 5.32 Å². The Morgan fingerprint density at radius 1 is 0.422 bits per heavy atom. The molecule has 14 heteroatoms. The van der Waals surface area contributed by atoms with Gasteiger partial charge in [-0.1, -0.05) is 301 Å². The summed E-state index contributed by atoms with van der Waals surface area (Å²) < 4.78 is 22.8. The summed E-state index contributed by atoms with van der Waals surface area (Å²) >= 11 is 0. The van der Waals surface area contributed by atoms with Crippen molar-refractivity contribution < 1.29 is 64.6 Å². The van der Waals surface area contributed by atoms with Crippen LogP contribution in [0.4, 0.5) is 0 Å². The van der Waals surface area contributed by atoms with E-state index in [1.165, 1.54) is 250 Å². The maximum absolute atomic E-state index is 13.3. The predicted molar refractivity (Wildman–Crippen MR) is 337 cm³/mol. The van der Waals surface area contributed by atoms with E-state index in [4.69, 9.17) is 18.9 Å². The molecule has 0 aromatic carbocycles. The zero-order valence-electron chi connectivity index (χ0n) is 53.2. The van der Waals surface area contributed by atoms with Crippen molar-refractivity contribution in [3.05, 3.63) is 24.3 Å². The molecule has 2 heterocycles. The van der Waals surface area contributed by atoms with Gasteiger partial charge in [0, 0.05) is 6.42 Å². The van der Waals surface area contributed by atoms with Crippen LogP contribution < -0.4 is 5.32 Å². The molecule has 0 aromatic rings. The Labute approximate surface area is 507 Å². The van der Waals surface area contributed by atoms with Crippen molar-refractivity contribution in [3.8, 4) is 0 Å². The normalized spacial score (nSPS) is 23.9. The first-order valence-corrected chi connectivity index (χ1v) is 35.1. The van der Waals surface area contributed by atoms with Crippen LogP contribution in [0.5, 0.6) is 0 Å². The Morgan fingerprint density at radius 3 is 1.18 bits per heavy atom. The Kier molecular flexibility index (Phi) is 51.0. The maximum atomic E-state index is 13.3. The first kappa shape index (κ1) is 77.6. The van der Waals surface area contributed by atoms with Crippen LogP contribution in [0.15, 0.2) is 24.3 Å². The fourth-order valence-electron chi connectivity index (χ4n) is 11.8. The van der Waals surface area contributed by atoms with Crippen LogP contribution in [0.25, 0.3) is 0 Å². The summed E-state index contributed by atoms with van der Waals surface area (Å²) in [4.78, 5) is 13.3. The molecule has 0 aromatic heterocycles. The van der Waals surface area contributed by atoms with Gasteiger partial charge in [0.2, 0.25) is 5.91 Å². The van der Waals surface area contributed by atoms with Gasteiger partial charge in [0.05, 0.1) is 32.0 Å². The van der Waals surface area contributed by atoms with E-state index in [1.807, 2.05) is 6.08 Å². The first-order chi connectivity index (χ1) is 40.6. The van der Waals surface area contributed by atoms with Crippen LogP contribution >= 0.6 is 0 Å². The molecule has 2 rings (SSSR count). The third-order valence-corrected chi connectivity index (χ3v) is 17.4. The Bertz CT molecular complexity index is 1490. The van der Waals surface area contributed by atoms with Gasteiger partial charge in [-0.2, -0.15) is 0 Å². The van der Waals surface area contributed by atoms with Gasteiger partial charge >= 0.3 is 0 Å². The summed E-state index contributed by atoms with van der Waals surface area (Å²) in [5.41, 5.74) is 0. The lowest BCUT2D eigenvalue weighted by Crippen LogP contribution is -2.65. The molecule has 0 radical (unpaired) electrons. The van der Waals surface area contributed by atoms with Crippen molar-refractivity contribution in [3.63, 3.8) is 0 Å². The van der Waals surface area contributed by atoms with Crippen LogP contribution in [-0.4, -0.2) is 140 Å². The van der Waals surface area contributed by atoms with Crippen molar-refractivity contribution >= 4 is 5.91 Å². The molecule has 2 saturated heterocycles. The average Bonchev–Trinajstić information content (AvgIpc) is 3.65. The molecule has 83 heavy (non-hydrogen) atoms. The van der Waals surface area contributed by atoms with E-state index in [9.17, 15) is 45.6 Å². The zero-order valence-corrected chi connectivity index (χ0v) is 53.2. The number of unbranched alkanes of at least 4 members (excludes halogenated alkanes) is 43. The van der Waals surface area contributed by atoms with Gasteiger partial charge in [0.1, 0.15) is 48.8 Å². The van der Waals surface area contributed by atoms with E-state index >= 15 is 0 Å². The lowest BCUT2D eigenvalue weighted by atomic mass is 9.97. The lowest BCUT2D eigenvalue weighted by molar-refractivity contribution is -0.359. The largest absolute Gasteiger partial charge is 0.394 e. The van der Waals surface area contributed by atoms with E-state index in [1.54, 1.807) is 6.08 Å². The number of amides is 1. The standard InChI is InChI=1S/C69H131NO13/c1-3-5-7-9-11-13-15-17-19-21-23-25-26-27-28-29-30-31-33-34-36-38-40-42-44-46-48-50-52-58(73)57(56-80-68-66(79)64(77)67(60(55-72)82-68)83-69-65(78)63(76)62(75)59(54-71)81-69)70-61(74)53-51-49-47-45-43-41-39-37-35-32-24-22-20-18-16-14-12-10-8-6-4-2/h42,44,50,52,57-60,62-69,71-73,75-79H,3-41,43,45-49,51,53-56H2,1-2H3,(H,70,74)/b44-42+,52-50+. The van der Waals surface area contributed by atoms with Crippen LogP contribution in [0.3, 0.4) is 0 Å². The van der Waals surface area contributed by atoms with Gasteiger partial charge in [-0.3, -0.25) is 4.79 Å². The number of ether oxygens (including phenoxy) is 4. The minimum Gasteiger partial charge on any atom is -0.394 e. The second kappa shape index (κ2) is 54.6. The molecule has 0 saturated carbocycles. The zero-order chi connectivity index (χ0) is 60.2. The number of rotatable bonds is 58. The van der Waals surface area contributed by atoms with Gasteiger partial charge in [-0.15, -0.1) is 0 Å². The number of hydrogen-bond donors (Lipinski definition) is 9. The van der Waals surface area contributed by atoms with E-state index in [0.29, 0.717) is 12.8 Å². The van der Waals surface area contributed by atoms with Gasteiger partial charge in [-0.05, 0) is 32.1 Å². The SMILES string of the molecule is CCCCCCCCCCCCCCCCCCCCCCCC/C=C/CC/C=C/C(O)C(COC1OC(CO)C(OC2OC(CO)C(O)C(O)C2O)C(O)C1O)NC(=O)CCCCCCCCCCCCCCCCCCCCCCC. The molecule has 0 spiro atoms. The number of allylic oxidation sites excluding steroid dienone is 3. The molecule has 12 atom stereocenters. The summed E-state index contributed by atoms with van der Waals surface area (Å²) in [5, 5.41) is 87.4. The second-order valence-corrected chi connectivity index (χ2v) is 25.0. The first-order valence-electron chi connectivity index (χ1n) is 35.1. The molecule has 1 amide bonds. The summed E-state index contributed by atoms with van der Waals surface area (Å²) in [7, 11) is 0. The highest BCUT2D eigenvalue weighted by molar-refractivity contribution is 5.76. The smallest absolute Gasteiger partial charge is 0.220 e. The summed E-state index contributed by atoms with van der Waals surface area (Å²) in [6.07, 6.45) is 51.0. The molecule has 2 aliphatic heterocycles. The summed E-state index contributed by atoms with van der Waals surface area (Å²) in [5.74, 6) is -0.242. The van der Waals surface area contributed by atoms with Crippen molar-refractivity contribution in [2.45, 2.75) is 389 Å². The van der Waals surface area contributed by atoms with Gasteiger partial charge in [0.15, 0.2) is 12.6 Å². The van der Waals surface area contributed by atoms with Gasteiger partial charge < -0.3 is 65.1 Å². The molecule has 2 aliphatic rings. The molecule has 2 fully saturated rings. The van der Waals surface area contributed by atoms with Crippen LogP contribution in [0.2, 0.25) is 0 Å². The van der Waals surface area contributed by atoms with Crippen molar-refractivity contribution in [2.24, 2.45) is 0 Å². The molecule has 12 unspecified atom stereocenters. The number of nitrogens with one attached hydrogen (secondary N) is 1. The van der Waals surface area contributed by atoms with Gasteiger partial charge in [0.25, 0.3) is 0 Å². The van der Waals surface area contributed by atoms with E-state index in [0.717, 1.165) is 32.1 Å². The Hall–Kier alpha value is -1.53. The average molecular weight is 1180 g/mol. The highest BCUT2D eigenvalue weighted by atomic mass is 16.7. The second-order valence-electron chi connectivity index (χ2n) is 25.0. The molecule has 0 bridgehead atoms. The van der Waals surface area contributed by atoms with Gasteiger partial charge in [-0.25, -0.2) is 0 Å². The van der Waals surface area contributed by atoms with E-state index < -0.39 is 86.8 Å². The van der Waals surface area contributed by atoms with E-state index in [2.05, 4.69) is 31.3 Å². The monoisotopic (exact) mass is 1180 g/mol. The van der Waals surface area contributed by atoms with E-state index in [-0.39, 0.29) is 18.9 Å². The Morgan fingerprint density at radius 2 is 0.771 bits per heavy atom. The summed E-state index contributed by atoms with van der Waals surface area (Å²) in [6.45, 7) is 2.84. The lowest BCUT2D eigenvalue weighted by Gasteiger charge is -2.46. The highest BCUT2D eigenvalue weighted by Crippen LogP contribution is 2.30. The van der Waals surface area contributed by atoms with Crippen LogP contribution in [0, 0.1) is 0 Å². The predicted octanol–water partition coefficient (Wildman–Crippen LogP) is 14.0. The van der Waals surface area contributed by atoms with Crippen LogP contribution in [-0.2, 0) is 23.7 Å². The van der Waals surface area contributed by atoms with Crippen molar-refractivity contribution in [1.29, 1.82) is 0 Å². The molecule has 9 N–H and O–H groups in total. The Balaban J connectivity index is 1.70. The molecule has 490 valence electrons. The fourth-order valence-corrected chi connectivity index (χ4v) is 11.8. The molecular formula is C69H131NO13. The number of aliphatic hydroxyl groups excluding tert-OH is 8. The molecule has 0 aliphatic carbocycles. The maximum Gasteiger partial charge on any atom is 0.220 e. The molecule has 14 nitrogen and oxygen atoms in total. The molecular weight excluding hydrogens is 1050 g/mol. The van der Waals surface area contributed by atoms with Crippen LogP contribution in [0.1, 0.15) is 316 Å².